The molecule has 0 bridgehead atoms. The van der Waals surface area contributed by atoms with E-state index in [1.54, 1.807) is 24.3 Å². The monoisotopic (exact) mass is 306 g/mol. The zero-order valence-electron chi connectivity index (χ0n) is 11.9. The molecule has 0 aliphatic carbocycles. The standard InChI is InChI=1S/C15H18N2O5/c18-13(16-22)11(9-10-5-2-1-3-6-10)14(19)17-8-4-7-12(17)15(20)21/h1-3,5-6,11-12,22H,4,7-9H2,(H,16,18)(H,20,21)/t11?,12-/m0/s1. The Kier molecular flexibility index (Phi) is 5.11. The molecule has 2 amide bonds. The minimum absolute atomic E-state index is 0.106. The lowest BCUT2D eigenvalue weighted by Gasteiger charge is -2.25. The average molecular weight is 306 g/mol. The Morgan fingerprint density at radius 1 is 1.27 bits per heavy atom. The minimum Gasteiger partial charge on any atom is -0.480 e. The molecule has 0 radical (unpaired) electrons. The Morgan fingerprint density at radius 2 is 1.95 bits per heavy atom. The summed E-state index contributed by atoms with van der Waals surface area (Å²) in [6.07, 6.45) is 1.07. The Morgan fingerprint density at radius 3 is 2.55 bits per heavy atom. The highest BCUT2D eigenvalue weighted by Gasteiger charge is 2.39. The van der Waals surface area contributed by atoms with E-state index in [0.29, 0.717) is 19.4 Å². The predicted molar refractivity (Wildman–Crippen MR) is 75.9 cm³/mol. The number of carboxylic acid groups (broad SMARTS) is 1. The topological polar surface area (TPSA) is 107 Å². The van der Waals surface area contributed by atoms with Crippen LogP contribution in [0.5, 0.6) is 0 Å². The first-order chi connectivity index (χ1) is 10.5. The van der Waals surface area contributed by atoms with Crippen molar-refractivity contribution >= 4 is 17.8 Å². The van der Waals surface area contributed by atoms with Crippen LogP contribution in [-0.2, 0) is 20.8 Å². The molecule has 0 spiro atoms. The van der Waals surface area contributed by atoms with Gasteiger partial charge in [-0.3, -0.25) is 14.8 Å². The first-order valence-corrected chi connectivity index (χ1v) is 7.05. The van der Waals surface area contributed by atoms with Crippen LogP contribution in [0.2, 0.25) is 0 Å². The molecule has 22 heavy (non-hydrogen) atoms. The molecule has 118 valence electrons. The summed E-state index contributed by atoms with van der Waals surface area (Å²) in [4.78, 5) is 36.8. The molecule has 2 rings (SSSR count). The highest BCUT2D eigenvalue weighted by molar-refractivity contribution is 6.01. The summed E-state index contributed by atoms with van der Waals surface area (Å²) in [6.45, 7) is 0.305. The van der Waals surface area contributed by atoms with Crippen molar-refractivity contribution in [1.82, 2.24) is 10.4 Å². The first kappa shape index (κ1) is 16.0. The smallest absolute Gasteiger partial charge is 0.326 e. The van der Waals surface area contributed by atoms with Crippen LogP contribution >= 0.6 is 0 Å². The summed E-state index contributed by atoms with van der Waals surface area (Å²) < 4.78 is 0. The van der Waals surface area contributed by atoms with E-state index in [2.05, 4.69) is 0 Å². The maximum Gasteiger partial charge on any atom is 0.326 e. The number of rotatable bonds is 5. The van der Waals surface area contributed by atoms with Crippen molar-refractivity contribution < 1.29 is 24.7 Å². The van der Waals surface area contributed by atoms with Crippen molar-refractivity contribution in [3.8, 4) is 0 Å². The summed E-state index contributed by atoms with van der Waals surface area (Å²) in [5, 5.41) is 18.0. The first-order valence-electron chi connectivity index (χ1n) is 7.05. The van der Waals surface area contributed by atoms with Crippen LogP contribution in [0.1, 0.15) is 18.4 Å². The van der Waals surface area contributed by atoms with E-state index in [1.165, 1.54) is 10.4 Å². The third-order valence-corrected chi connectivity index (χ3v) is 3.83. The molecular weight excluding hydrogens is 288 g/mol. The summed E-state index contributed by atoms with van der Waals surface area (Å²) in [5.41, 5.74) is 2.26. The largest absolute Gasteiger partial charge is 0.480 e. The Hall–Kier alpha value is -2.41. The number of hydrogen-bond acceptors (Lipinski definition) is 4. The van der Waals surface area contributed by atoms with Gasteiger partial charge in [-0.15, -0.1) is 0 Å². The Balaban J connectivity index is 2.19. The predicted octanol–water partition coefficient (Wildman–Crippen LogP) is 0.426. The van der Waals surface area contributed by atoms with Crippen molar-refractivity contribution in [3.63, 3.8) is 0 Å². The SMILES string of the molecule is O=C(NO)C(Cc1ccccc1)C(=O)N1CCC[C@H]1C(=O)O. The second-order valence-corrected chi connectivity index (χ2v) is 5.25. The number of carbonyl (C=O) groups excluding carboxylic acids is 2. The zero-order chi connectivity index (χ0) is 16.1. The number of likely N-dealkylation sites (tertiary alicyclic amines) is 1. The molecular formula is C15H18N2O5. The maximum absolute atomic E-state index is 12.6. The van der Waals surface area contributed by atoms with Gasteiger partial charge in [0.15, 0.2) is 0 Å². The summed E-state index contributed by atoms with van der Waals surface area (Å²) >= 11 is 0. The molecule has 1 aliphatic rings. The number of amides is 2. The third kappa shape index (κ3) is 3.43. The molecule has 1 aromatic rings. The van der Waals surface area contributed by atoms with Gasteiger partial charge in [-0.2, -0.15) is 0 Å². The van der Waals surface area contributed by atoms with Gasteiger partial charge in [0.1, 0.15) is 12.0 Å². The molecule has 0 aromatic heterocycles. The lowest BCUT2D eigenvalue weighted by molar-refractivity contribution is -0.153. The molecule has 1 aliphatic heterocycles. The van der Waals surface area contributed by atoms with Gasteiger partial charge in [-0.25, -0.2) is 10.3 Å². The number of hydroxylamine groups is 1. The fraction of sp³-hybridized carbons (Fsp3) is 0.400. The van der Waals surface area contributed by atoms with Crippen LogP contribution in [0.15, 0.2) is 30.3 Å². The molecule has 3 N–H and O–H groups in total. The van der Waals surface area contributed by atoms with Crippen LogP contribution in [0.4, 0.5) is 0 Å². The number of hydrogen-bond donors (Lipinski definition) is 3. The molecule has 1 saturated heterocycles. The highest BCUT2D eigenvalue weighted by Crippen LogP contribution is 2.22. The van der Waals surface area contributed by atoms with E-state index in [4.69, 9.17) is 10.3 Å². The van der Waals surface area contributed by atoms with Gasteiger partial charge >= 0.3 is 5.97 Å². The molecule has 2 atom stereocenters. The van der Waals surface area contributed by atoms with E-state index < -0.39 is 29.7 Å². The van der Waals surface area contributed by atoms with Gasteiger partial charge in [0.25, 0.3) is 5.91 Å². The van der Waals surface area contributed by atoms with Crippen molar-refractivity contribution in [1.29, 1.82) is 0 Å². The number of benzene rings is 1. The number of carbonyl (C=O) groups is 3. The fourth-order valence-corrected chi connectivity index (χ4v) is 2.71. The van der Waals surface area contributed by atoms with Crippen molar-refractivity contribution in [2.24, 2.45) is 5.92 Å². The van der Waals surface area contributed by atoms with Gasteiger partial charge in [0.2, 0.25) is 5.91 Å². The number of nitrogens with zero attached hydrogens (tertiary/aromatic N) is 1. The number of carboxylic acids is 1. The number of aliphatic carboxylic acids is 1. The Labute approximate surface area is 127 Å². The van der Waals surface area contributed by atoms with E-state index in [9.17, 15) is 14.4 Å². The van der Waals surface area contributed by atoms with Gasteiger partial charge in [0.05, 0.1) is 0 Å². The van der Waals surface area contributed by atoms with Crippen molar-refractivity contribution in [2.45, 2.75) is 25.3 Å². The molecule has 1 aromatic carbocycles. The lowest BCUT2D eigenvalue weighted by Crippen LogP contribution is -2.48. The Bertz CT molecular complexity index is 560. The van der Waals surface area contributed by atoms with Crippen LogP contribution in [-0.4, -0.2) is 45.6 Å². The molecule has 7 heteroatoms. The van der Waals surface area contributed by atoms with Crippen LogP contribution < -0.4 is 5.48 Å². The lowest BCUT2D eigenvalue weighted by atomic mass is 9.97. The van der Waals surface area contributed by atoms with Gasteiger partial charge in [-0.05, 0) is 24.8 Å². The normalized spacial score (nSPS) is 18.8. The molecule has 7 nitrogen and oxygen atoms in total. The van der Waals surface area contributed by atoms with E-state index in [-0.39, 0.29) is 6.42 Å². The van der Waals surface area contributed by atoms with E-state index >= 15 is 0 Å². The molecule has 1 heterocycles. The number of nitrogens with one attached hydrogen (secondary N) is 1. The maximum atomic E-state index is 12.6. The minimum atomic E-state index is -1.15. The molecule has 1 unspecified atom stereocenters. The van der Waals surface area contributed by atoms with Crippen molar-refractivity contribution in [2.75, 3.05) is 6.54 Å². The van der Waals surface area contributed by atoms with Gasteiger partial charge in [-0.1, -0.05) is 30.3 Å². The zero-order valence-corrected chi connectivity index (χ0v) is 11.9. The van der Waals surface area contributed by atoms with Crippen molar-refractivity contribution in [3.05, 3.63) is 35.9 Å². The quantitative estimate of drug-likeness (QED) is 0.415. The summed E-state index contributed by atoms with van der Waals surface area (Å²) in [7, 11) is 0. The highest BCUT2D eigenvalue weighted by atomic mass is 16.5. The summed E-state index contributed by atoms with van der Waals surface area (Å²) in [6, 6.07) is 8.01. The molecule has 1 fully saturated rings. The van der Waals surface area contributed by atoms with Gasteiger partial charge < -0.3 is 10.0 Å². The second-order valence-electron chi connectivity index (χ2n) is 5.25. The van der Waals surface area contributed by atoms with E-state index in [1.807, 2.05) is 6.07 Å². The second kappa shape index (κ2) is 7.04. The van der Waals surface area contributed by atoms with E-state index in [0.717, 1.165) is 5.56 Å². The van der Waals surface area contributed by atoms with Gasteiger partial charge in [0, 0.05) is 6.54 Å². The average Bonchev–Trinajstić information content (AvgIpc) is 3.02. The van der Waals surface area contributed by atoms with Crippen LogP contribution in [0.3, 0.4) is 0 Å². The summed E-state index contributed by atoms with van der Waals surface area (Å²) in [5.74, 6) is -3.62. The fourth-order valence-electron chi connectivity index (χ4n) is 2.71. The molecule has 0 saturated carbocycles. The van der Waals surface area contributed by atoms with Crippen LogP contribution in [0.25, 0.3) is 0 Å². The van der Waals surface area contributed by atoms with Crippen LogP contribution in [0, 0.1) is 5.92 Å². The third-order valence-electron chi connectivity index (χ3n) is 3.83.